The average Bonchev–Trinajstić information content (AvgIpc) is 3.57. The summed E-state index contributed by atoms with van der Waals surface area (Å²) in [5.74, 6) is 0.511. The highest BCUT2D eigenvalue weighted by Gasteiger charge is 2.39. The fourth-order valence-electron chi connectivity index (χ4n) is 5.38. The van der Waals surface area contributed by atoms with Crippen molar-refractivity contribution in [3.05, 3.63) is 101 Å². The van der Waals surface area contributed by atoms with Crippen molar-refractivity contribution in [2.75, 3.05) is 7.11 Å². The minimum atomic E-state index is -0.537. The number of carbonyl (C=O) groups is 2. The number of aliphatic imine (C=N–C) groups is 1. The van der Waals surface area contributed by atoms with Crippen LogP contribution >= 0.6 is 11.8 Å². The highest BCUT2D eigenvalue weighted by atomic mass is 32.2. The number of rotatable bonds is 6. The van der Waals surface area contributed by atoms with Crippen molar-refractivity contribution in [2.24, 2.45) is 10.1 Å². The summed E-state index contributed by atoms with van der Waals surface area (Å²) in [4.78, 5) is 30.5. The molecule has 2 aliphatic heterocycles. The number of fused-ring (bicyclic) bond motifs is 1. The molecule has 3 aromatic rings. The predicted octanol–water partition coefficient (Wildman–Crippen LogP) is 6.00. The number of aryl methyl sites for hydroxylation is 2. The fraction of sp³-hybridized carbons (Fsp3) is 0.290. The van der Waals surface area contributed by atoms with Gasteiger partial charge in [-0.05, 0) is 78.3 Å². The van der Waals surface area contributed by atoms with Crippen LogP contribution in [0.3, 0.4) is 0 Å². The van der Waals surface area contributed by atoms with Gasteiger partial charge in [0, 0.05) is 18.4 Å². The van der Waals surface area contributed by atoms with E-state index in [1.807, 2.05) is 59.6 Å². The Morgan fingerprint density at radius 3 is 2.53 bits per heavy atom. The molecule has 0 saturated carbocycles. The summed E-state index contributed by atoms with van der Waals surface area (Å²) in [7, 11) is 1.65. The zero-order valence-electron chi connectivity index (χ0n) is 21.3. The molecule has 0 fully saturated rings. The minimum absolute atomic E-state index is 0.0101. The van der Waals surface area contributed by atoms with Crippen molar-refractivity contribution in [3.63, 3.8) is 0 Å². The molecule has 6 rings (SSSR count). The molecular weight excluding hydrogens is 494 g/mol. The number of nitrogens with zero attached hydrogens (tertiary/aromatic N) is 3. The highest BCUT2D eigenvalue weighted by molar-refractivity contribution is 8.15. The Balaban J connectivity index is 1.22. The SMILES string of the molecule is COc1ccc(C2=NN(C3=NC(=O)[C@H](CC(=O)c4ccc5c(c4)CCCC5)S3)[C@H](c3ccccc3)C2)cc1. The molecule has 0 saturated heterocycles. The summed E-state index contributed by atoms with van der Waals surface area (Å²) in [6.45, 7) is 0. The van der Waals surface area contributed by atoms with Crippen molar-refractivity contribution in [1.29, 1.82) is 0 Å². The van der Waals surface area contributed by atoms with Gasteiger partial charge in [-0.1, -0.05) is 54.2 Å². The van der Waals surface area contributed by atoms with Gasteiger partial charge in [0.2, 0.25) is 0 Å². The van der Waals surface area contributed by atoms with Crippen molar-refractivity contribution in [1.82, 2.24) is 5.01 Å². The third-order valence-corrected chi connectivity index (χ3v) is 8.63. The Bertz CT molecular complexity index is 1430. The van der Waals surface area contributed by atoms with Crippen molar-refractivity contribution < 1.29 is 14.3 Å². The maximum atomic E-state index is 13.2. The molecule has 0 spiro atoms. The van der Waals surface area contributed by atoms with Gasteiger partial charge in [0.1, 0.15) is 11.0 Å². The normalized spacial score (nSPS) is 20.7. The molecule has 38 heavy (non-hydrogen) atoms. The largest absolute Gasteiger partial charge is 0.497 e. The molecule has 6 nitrogen and oxygen atoms in total. The lowest BCUT2D eigenvalue weighted by molar-refractivity contribution is -0.117. The van der Waals surface area contributed by atoms with Crippen molar-refractivity contribution in [3.8, 4) is 5.75 Å². The maximum Gasteiger partial charge on any atom is 0.262 e. The molecule has 1 aliphatic carbocycles. The molecule has 1 amide bonds. The summed E-state index contributed by atoms with van der Waals surface area (Å²) in [6, 6.07) is 23.9. The third-order valence-electron chi connectivity index (χ3n) is 7.48. The van der Waals surface area contributed by atoms with Gasteiger partial charge in [0.25, 0.3) is 5.91 Å². The molecule has 0 N–H and O–H groups in total. The standard InChI is InChI=1S/C31H29N3O3S/c1-37-25-15-13-21(14-16-25)26-18-27(22-8-3-2-4-9-22)34(33-26)31-32-30(36)29(38-31)19-28(35)24-12-11-20-7-5-6-10-23(20)17-24/h2-4,8-9,11-17,27,29H,5-7,10,18-19H2,1H3/t27-,29-/m0/s1. The van der Waals surface area contributed by atoms with E-state index in [1.54, 1.807) is 7.11 Å². The number of methoxy groups -OCH3 is 1. The van der Waals surface area contributed by atoms with Crippen LogP contribution in [-0.2, 0) is 17.6 Å². The molecule has 3 aliphatic rings. The highest BCUT2D eigenvalue weighted by Crippen LogP contribution is 2.39. The van der Waals surface area contributed by atoms with E-state index in [9.17, 15) is 9.59 Å². The maximum absolute atomic E-state index is 13.2. The molecule has 3 aromatic carbocycles. The number of ether oxygens (including phenoxy) is 1. The van der Waals surface area contributed by atoms with Gasteiger partial charge >= 0.3 is 0 Å². The zero-order chi connectivity index (χ0) is 26.1. The molecule has 0 unspecified atom stereocenters. The second-order valence-electron chi connectivity index (χ2n) is 9.91. The van der Waals surface area contributed by atoms with Crippen molar-refractivity contribution in [2.45, 2.75) is 49.8 Å². The molecule has 7 heteroatoms. The number of amides is 1. The first-order valence-electron chi connectivity index (χ1n) is 13.1. The predicted molar refractivity (Wildman–Crippen MR) is 151 cm³/mol. The van der Waals surface area contributed by atoms with Crippen LogP contribution in [0.5, 0.6) is 5.75 Å². The van der Waals surface area contributed by atoms with E-state index in [0.717, 1.165) is 41.9 Å². The zero-order valence-corrected chi connectivity index (χ0v) is 22.1. The lowest BCUT2D eigenvalue weighted by Gasteiger charge is -2.23. The molecule has 2 heterocycles. The lowest BCUT2D eigenvalue weighted by Crippen LogP contribution is -2.24. The summed E-state index contributed by atoms with van der Waals surface area (Å²) < 4.78 is 5.30. The lowest BCUT2D eigenvalue weighted by atomic mass is 9.89. The number of hydrogen-bond donors (Lipinski definition) is 0. The van der Waals surface area contributed by atoms with Crippen LogP contribution in [0.15, 0.2) is 82.9 Å². The van der Waals surface area contributed by atoms with E-state index in [0.29, 0.717) is 17.2 Å². The van der Waals surface area contributed by atoms with E-state index in [4.69, 9.17) is 9.84 Å². The van der Waals surface area contributed by atoms with Gasteiger partial charge in [-0.3, -0.25) is 9.59 Å². The number of ketones is 1. The number of benzene rings is 3. The van der Waals surface area contributed by atoms with Crippen LogP contribution in [0.4, 0.5) is 0 Å². The first-order valence-corrected chi connectivity index (χ1v) is 14.0. The van der Waals surface area contributed by atoms with Gasteiger partial charge in [-0.15, -0.1) is 0 Å². The summed E-state index contributed by atoms with van der Waals surface area (Å²) in [6.07, 6.45) is 5.28. The van der Waals surface area contributed by atoms with Crippen LogP contribution in [-0.4, -0.2) is 39.9 Å². The number of amidine groups is 1. The van der Waals surface area contributed by atoms with Crippen LogP contribution in [0.1, 0.15) is 64.3 Å². The van der Waals surface area contributed by atoms with Gasteiger partial charge < -0.3 is 4.74 Å². The fourth-order valence-corrected chi connectivity index (χ4v) is 6.44. The first-order chi connectivity index (χ1) is 18.6. The minimum Gasteiger partial charge on any atom is -0.497 e. The molecule has 0 radical (unpaired) electrons. The van der Waals surface area contributed by atoms with E-state index < -0.39 is 5.25 Å². The Morgan fingerprint density at radius 2 is 1.76 bits per heavy atom. The number of hydrazone groups is 1. The summed E-state index contributed by atoms with van der Waals surface area (Å²) >= 11 is 1.35. The third kappa shape index (κ3) is 4.90. The number of Topliss-reactive ketones (excluding diaryl/α,β-unsaturated/α-hetero) is 1. The quantitative estimate of drug-likeness (QED) is 0.371. The Hall–Kier alpha value is -3.71. The van der Waals surface area contributed by atoms with Crippen molar-refractivity contribution >= 4 is 34.3 Å². The average molecular weight is 524 g/mol. The second-order valence-corrected chi connectivity index (χ2v) is 11.1. The molecule has 192 valence electrons. The molecule has 2 atom stereocenters. The second kappa shape index (κ2) is 10.6. The van der Waals surface area contributed by atoms with Gasteiger partial charge in [-0.25, -0.2) is 5.01 Å². The topological polar surface area (TPSA) is 71.3 Å². The van der Waals surface area contributed by atoms with E-state index in [2.05, 4.69) is 23.2 Å². The van der Waals surface area contributed by atoms with E-state index >= 15 is 0 Å². The van der Waals surface area contributed by atoms with Crippen LogP contribution in [0, 0.1) is 0 Å². The summed E-state index contributed by atoms with van der Waals surface area (Å²) in [5, 5.41) is 6.80. The smallest absolute Gasteiger partial charge is 0.262 e. The van der Waals surface area contributed by atoms with Gasteiger partial charge in [0.05, 0.1) is 18.9 Å². The van der Waals surface area contributed by atoms with E-state index in [-0.39, 0.29) is 24.2 Å². The van der Waals surface area contributed by atoms with Crippen LogP contribution in [0.25, 0.3) is 0 Å². The molecular formula is C31H29N3O3S. The Kier molecular flexibility index (Phi) is 6.85. The number of carbonyl (C=O) groups excluding carboxylic acids is 2. The Morgan fingerprint density at radius 1 is 1.00 bits per heavy atom. The molecule has 0 bridgehead atoms. The van der Waals surface area contributed by atoms with Gasteiger partial charge in [-0.2, -0.15) is 10.1 Å². The van der Waals surface area contributed by atoms with Gasteiger partial charge in [0.15, 0.2) is 11.0 Å². The Labute approximate surface area is 226 Å². The number of thioether (sulfide) groups is 1. The van der Waals surface area contributed by atoms with Crippen LogP contribution in [0.2, 0.25) is 0 Å². The summed E-state index contributed by atoms with van der Waals surface area (Å²) in [5.41, 5.74) is 6.33. The monoisotopic (exact) mass is 523 g/mol. The number of hydrogen-bond acceptors (Lipinski definition) is 6. The van der Waals surface area contributed by atoms with Crippen LogP contribution < -0.4 is 4.74 Å². The molecule has 0 aromatic heterocycles. The van der Waals surface area contributed by atoms with E-state index in [1.165, 1.54) is 29.3 Å². The first kappa shape index (κ1) is 24.6.